The molecule has 0 unspecified atom stereocenters. The fraction of sp³-hybridized carbons (Fsp3) is 0.312. The molecule has 3 rings (SSSR count). The minimum atomic E-state index is -0.183. The van der Waals surface area contributed by atoms with E-state index in [9.17, 15) is 9.59 Å². The molecule has 0 saturated heterocycles. The number of hydrogen-bond acceptors (Lipinski definition) is 4. The van der Waals surface area contributed by atoms with E-state index in [1.54, 1.807) is 0 Å². The van der Waals surface area contributed by atoms with Crippen LogP contribution in [0.4, 0.5) is 5.69 Å². The Morgan fingerprint density at radius 1 is 1.26 bits per heavy atom. The van der Waals surface area contributed by atoms with Crippen molar-refractivity contribution in [3.8, 4) is 0 Å². The third-order valence-corrected chi connectivity index (χ3v) is 3.75. The Kier molecular flexibility index (Phi) is 4.38. The van der Waals surface area contributed by atoms with Crippen LogP contribution in [0.25, 0.3) is 0 Å². The number of H-pyrrole nitrogens is 1. The first kappa shape index (κ1) is 15.2. The van der Waals surface area contributed by atoms with Crippen LogP contribution in [0.2, 0.25) is 0 Å². The van der Waals surface area contributed by atoms with E-state index in [1.807, 2.05) is 24.3 Å². The van der Waals surface area contributed by atoms with Gasteiger partial charge in [0.1, 0.15) is 0 Å². The summed E-state index contributed by atoms with van der Waals surface area (Å²) in [4.78, 5) is 23.3. The van der Waals surface area contributed by atoms with Crippen molar-refractivity contribution in [1.29, 1.82) is 0 Å². The quantitative estimate of drug-likeness (QED) is 0.675. The second kappa shape index (κ2) is 6.62. The molecule has 1 aliphatic rings. The first-order valence-electron chi connectivity index (χ1n) is 7.55. The van der Waals surface area contributed by atoms with Gasteiger partial charge in [0, 0.05) is 49.9 Å². The lowest BCUT2D eigenvalue weighted by Crippen LogP contribution is -2.28. The van der Waals surface area contributed by atoms with E-state index in [0.29, 0.717) is 18.8 Å². The molecule has 0 fully saturated rings. The predicted octanol–water partition coefficient (Wildman–Crippen LogP) is 0.944. The van der Waals surface area contributed by atoms with Crippen molar-refractivity contribution in [2.24, 2.45) is 0 Å². The van der Waals surface area contributed by atoms with Crippen molar-refractivity contribution < 1.29 is 9.59 Å². The largest absolute Gasteiger partial charge is 0.347 e. The molecular formula is C16H19N5O2. The van der Waals surface area contributed by atoms with Gasteiger partial charge in [-0.2, -0.15) is 5.10 Å². The van der Waals surface area contributed by atoms with E-state index in [1.165, 1.54) is 6.92 Å². The van der Waals surface area contributed by atoms with Gasteiger partial charge in [-0.3, -0.25) is 14.7 Å². The summed E-state index contributed by atoms with van der Waals surface area (Å²) in [6, 6.07) is 7.35. The van der Waals surface area contributed by atoms with Crippen LogP contribution in [-0.4, -0.2) is 28.6 Å². The molecule has 0 saturated carbocycles. The molecule has 0 spiro atoms. The Hall–Kier alpha value is -2.67. The molecule has 0 atom stereocenters. The van der Waals surface area contributed by atoms with Crippen molar-refractivity contribution in [2.75, 3.05) is 11.9 Å². The predicted molar refractivity (Wildman–Crippen MR) is 85.9 cm³/mol. The molecule has 2 heterocycles. The third kappa shape index (κ3) is 3.57. The molecule has 1 aliphatic heterocycles. The monoisotopic (exact) mass is 313 g/mol. The number of amides is 2. The van der Waals surface area contributed by atoms with E-state index >= 15 is 0 Å². The van der Waals surface area contributed by atoms with Crippen molar-refractivity contribution in [1.82, 2.24) is 20.8 Å². The third-order valence-electron chi connectivity index (χ3n) is 3.75. The maximum Gasteiger partial charge on any atom is 0.272 e. The van der Waals surface area contributed by atoms with Crippen LogP contribution >= 0.6 is 0 Å². The summed E-state index contributed by atoms with van der Waals surface area (Å²) in [6.45, 7) is 3.44. The summed E-state index contributed by atoms with van der Waals surface area (Å²) in [5.74, 6) is -0.292. The molecule has 7 nitrogen and oxygen atoms in total. The second-order valence-electron chi connectivity index (χ2n) is 5.52. The van der Waals surface area contributed by atoms with Crippen LogP contribution in [0.15, 0.2) is 24.3 Å². The Bertz CT molecular complexity index is 721. The molecule has 1 aromatic heterocycles. The molecule has 0 radical (unpaired) electrons. The number of anilines is 1. The maximum atomic E-state index is 12.3. The van der Waals surface area contributed by atoms with Crippen LogP contribution in [-0.2, 0) is 24.3 Å². The zero-order chi connectivity index (χ0) is 16.2. The Labute approximate surface area is 133 Å². The van der Waals surface area contributed by atoms with Gasteiger partial charge in [-0.15, -0.1) is 0 Å². The minimum absolute atomic E-state index is 0.108. The highest BCUT2D eigenvalue weighted by Gasteiger charge is 2.21. The van der Waals surface area contributed by atoms with Gasteiger partial charge >= 0.3 is 0 Å². The minimum Gasteiger partial charge on any atom is -0.347 e. The summed E-state index contributed by atoms with van der Waals surface area (Å²) < 4.78 is 0. The van der Waals surface area contributed by atoms with Crippen molar-refractivity contribution in [3.63, 3.8) is 0 Å². The lowest BCUT2D eigenvalue weighted by Gasteiger charge is -2.13. The fourth-order valence-corrected chi connectivity index (χ4v) is 2.59. The van der Waals surface area contributed by atoms with Crippen LogP contribution in [0, 0.1) is 0 Å². The molecule has 1 aromatic carbocycles. The number of rotatable bonds is 4. The number of carbonyl (C=O) groups is 2. The van der Waals surface area contributed by atoms with E-state index < -0.39 is 0 Å². The number of carbonyl (C=O) groups excluding carboxylic acids is 2. The van der Waals surface area contributed by atoms with Gasteiger partial charge in [-0.1, -0.05) is 12.1 Å². The second-order valence-corrected chi connectivity index (χ2v) is 5.52. The van der Waals surface area contributed by atoms with Crippen LogP contribution in [0.1, 0.15) is 34.2 Å². The smallest absolute Gasteiger partial charge is 0.272 e. The highest BCUT2D eigenvalue weighted by Crippen LogP contribution is 2.15. The molecule has 0 aliphatic carbocycles. The molecular weight excluding hydrogens is 294 g/mol. The molecule has 2 amide bonds. The number of aromatic amines is 1. The number of benzene rings is 1. The Balaban J connectivity index is 1.60. The number of nitrogens with zero attached hydrogens (tertiary/aromatic N) is 1. The topological polar surface area (TPSA) is 98.9 Å². The van der Waals surface area contributed by atoms with E-state index in [2.05, 4.69) is 26.1 Å². The van der Waals surface area contributed by atoms with Crippen LogP contribution in [0.3, 0.4) is 0 Å². The van der Waals surface area contributed by atoms with Gasteiger partial charge in [0.15, 0.2) is 5.69 Å². The molecule has 7 heteroatoms. The number of hydrogen-bond donors (Lipinski definition) is 4. The van der Waals surface area contributed by atoms with Crippen LogP contribution in [0.5, 0.6) is 0 Å². The zero-order valence-corrected chi connectivity index (χ0v) is 12.9. The highest BCUT2D eigenvalue weighted by atomic mass is 16.2. The summed E-state index contributed by atoms with van der Waals surface area (Å²) in [5.41, 5.74) is 4.14. The molecule has 4 N–H and O–H groups in total. The van der Waals surface area contributed by atoms with Crippen molar-refractivity contribution in [3.05, 3.63) is 46.8 Å². The molecule has 23 heavy (non-hydrogen) atoms. The maximum absolute atomic E-state index is 12.3. The Morgan fingerprint density at radius 2 is 2.04 bits per heavy atom. The SMILES string of the molecule is CC(=O)Nc1ccc(CNC(=O)c2n[nH]c3c2CNCC3)cc1. The van der Waals surface area contributed by atoms with Gasteiger partial charge in [-0.05, 0) is 17.7 Å². The standard InChI is InChI=1S/C16H19N5O2/c1-10(22)19-12-4-2-11(3-5-12)8-18-16(23)15-13-9-17-7-6-14(13)20-21-15/h2-5,17H,6-9H2,1H3,(H,18,23)(H,19,22)(H,20,21). The summed E-state index contributed by atoms with van der Waals surface area (Å²) in [7, 11) is 0. The van der Waals surface area contributed by atoms with Gasteiger partial charge in [-0.25, -0.2) is 0 Å². The average molecular weight is 313 g/mol. The summed E-state index contributed by atoms with van der Waals surface area (Å²) in [6.07, 6.45) is 0.861. The molecule has 0 bridgehead atoms. The Morgan fingerprint density at radius 3 is 2.78 bits per heavy atom. The van der Waals surface area contributed by atoms with E-state index in [-0.39, 0.29) is 11.8 Å². The number of nitrogens with one attached hydrogen (secondary N) is 4. The zero-order valence-electron chi connectivity index (χ0n) is 12.9. The first-order valence-corrected chi connectivity index (χ1v) is 7.55. The lowest BCUT2D eigenvalue weighted by molar-refractivity contribution is -0.114. The van der Waals surface area contributed by atoms with E-state index in [4.69, 9.17) is 0 Å². The van der Waals surface area contributed by atoms with Crippen molar-refractivity contribution >= 4 is 17.5 Å². The lowest BCUT2D eigenvalue weighted by atomic mass is 10.1. The van der Waals surface area contributed by atoms with Gasteiger partial charge in [0.25, 0.3) is 5.91 Å². The summed E-state index contributed by atoms with van der Waals surface area (Å²) >= 11 is 0. The van der Waals surface area contributed by atoms with Gasteiger partial charge in [0.05, 0.1) is 0 Å². The molecule has 2 aromatic rings. The number of fused-ring (bicyclic) bond motifs is 1. The van der Waals surface area contributed by atoms with Crippen LogP contribution < -0.4 is 16.0 Å². The normalized spacial score (nSPS) is 13.3. The van der Waals surface area contributed by atoms with Gasteiger partial charge in [0.2, 0.25) is 5.91 Å². The molecule has 120 valence electrons. The summed E-state index contributed by atoms with van der Waals surface area (Å²) in [5, 5.41) is 15.9. The highest BCUT2D eigenvalue weighted by molar-refractivity contribution is 5.94. The number of aromatic nitrogens is 2. The van der Waals surface area contributed by atoms with E-state index in [0.717, 1.165) is 35.5 Å². The van der Waals surface area contributed by atoms with Gasteiger partial charge < -0.3 is 16.0 Å². The first-order chi connectivity index (χ1) is 11.1. The average Bonchev–Trinajstić information content (AvgIpc) is 2.97. The van der Waals surface area contributed by atoms with Crippen molar-refractivity contribution in [2.45, 2.75) is 26.4 Å². The fourth-order valence-electron chi connectivity index (χ4n) is 2.59.